The third-order valence-corrected chi connectivity index (χ3v) is 4.21. The van der Waals surface area contributed by atoms with Crippen LogP contribution in [0.5, 0.6) is 0 Å². The van der Waals surface area contributed by atoms with E-state index in [2.05, 4.69) is 51.4 Å². The van der Waals surface area contributed by atoms with Gasteiger partial charge in [0.15, 0.2) is 0 Å². The van der Waals surface area contributed by atoms with Gasteiger partial charge in [-0.15, -0.1) is 0 Å². The Balaban J connectivity index is 2.18. The standard InChI is InChI=1S/C13H15BrN2OS/c1-8-7-17-13(16-8)18-10-4-5-11(9(2)15-3)12(14)6-10/h4-7,9,15H,1-3H3. The Morgan fingerprint density at radius 1 is 1.44 bits per heavy atom. The third kappa shape index (κ3) is 3.16. The molecule has 0 bridgehead atoms. The zero-order valence-electron chi connectivity index (χ0n) is 10.5. The Bertz CT molecular complexity index is 542. The van der Waals surface area contributed by atoms with E-state index < -0.39 is 0 Å². The summed E-state index contributed by atoms with van der Waals surface area (Å²) >= 11 is 5.13. The maximum atomic E-state index is 5.33. The molecule has 96 valence electrons. The first-order valence-corrected chi connectivity index (χ1v) is 7.28. The number of benzene rings is 1. The molecule has 1 heterocycles. The Labute approximate surface area is 120 Å². The molecule has 1 unspecified atom stereocenters. The zero-order chi connectivity index (χ0) is 13.1. The van der Waals surface area contributed by atoms with E-state index in [4.69, 9.17) is 4.42 Å². The van der Waals surface area contributed by atoms with Crippen LogP contribution in [-0.4, -0.2) is 12.0 Å². The van der Waals surface area contributed by atoms with Crippen molar-refractivity contribution < 1.29 is 4.42 Å². The first kappa shape index (κ1) is 13.6. The molecule has 0 amide bonds. The largest absolute Gasteiger partial charge is 0.439 e. The monoisotopic (exact) mass is 326 g/mol. The van der Waals surface area contributed by atoms with Crippen molar-refractivity contribution in [2.24, 2.45) is 0 Å². The van der Waals surface area contributed by atoms with Crippen molar-refractivity contribution in [3.63, 3.8) is 0 Å². The van der Waals surface area contributed by atoms with Crippen LogP contribution < -0.4 is 5.32 Å². The second-order valence-electron chi connectivity index (χ2n) is 4.05. The van der Waals surface area contributed by atoms with E-state index >= 15 is 0 Å². The maximum Gasteiger partial charge on any atom is 0.260 e. The van der Waals surface area contributed by atoms with Gasteiger partial charge in [-0.1, -0.05) is 22.0 Å². The van der Waals surface area contributed by atoms with Crippen LogP contribution in [0.4, 0.5) is 0 Å². The molecule has 2 rings (SSSR count). The number of aryl methyl sites for hydroxylation is 1. The van der Waals surface area contributed by atoms with Gasteiger partial charge in [-0.3, -0.25) is 0 Å². The summed E-state index contributed by atoms with van der Waals surface area (Å²) in [7, 11) is 1.95. The molecule has 0 aliphatic heterocycles. The number of hydrogen-bond donors (Lipinski definition) is 1. The first-order valence-electron chi connectivity index (χ1n) is 5.67. The average molecular weight is 327 g/mol. The van der Waals surface area contributed by atoms with Gasteiger partial charge in [0.25, 0.3) is 5.22 Å². The predicted molar refractivity (Wildman–Crippen MR) is 77.0 cm³/mol. The van der Waals surface area contributed by atoms with Crippen molar-refractivity contribution in [2.45, 2.75) is 30.0 Å². The highest BCUT2D eigenvalue weighted by atomic mass is 79.9. The lowest BCUT2D eigenvalue weighted by Gasteiger charge is -2.13. The second-order valence-corrected chi connectivity index (χ2v) is 5.93. The number of nitrogens with one attached hydrogen (secondary N) is 1. The van der Waals surface area contributed by atoms with Gasteiger partial charge in [0.05, 0.1) is 5.69 Å². The summed E-state index contributed by atoms with van der Waals surface area (Å²) in [6, 6.07) is 6.61. The minimum Gasteiger partial charge on any atom is -0.439 e. The molecule has 0 saturated heterocycles. The van der Waals surface area contributed by atoms with Crippen LogP contribution >= 0.6 is 27.7 Å². The summed E-state index contributed by atoms with van der Waals surface area (Å²) in [6.07, 6.45) is 1.66. The van der Waals surface area contributed by atoms with Crippen molar-refractivity contribution in [3.05, 3.63) is 40.2 Å². The average Bonchev–Trinajstić information content (AvgIpc) is 2.74. The topological polar surface area (TPSA) is 38.1 Å². The van der Waals surface area contributed by atoms with Crippen LogP contribution in [0.15, 0.2) is 43.5 Å². The van der Waals surface area contributed by atoms with Gasteiger partial charge < -0.3 is 9.73 Å². The van der Waals surface area contributed by atoms with Gasteiger partial charge in [-0.2, -0.15) is 0 Å². The highest BCUT2D eigenvalue weighted by Gasteiger charge is 2.10. The molecule has 1 aromatic heterocycles. The summed E-state index contributed by atoms with van der Waals surface area (Å²) in [4.78, 5) is 5.39. The third-order valence-electron chi connectivity index (χ3n) is 2.67. The van der Waals surface area contributed by atoms with Crippen LogP contribution in [0.3, 0.4) is 0 Å². The fraction of sp³-hybridized carbons (Fsp3) is 0.308. The molecule has 0 fully saturated rings. The van der Waals surface area contributed by atoms with Crippen molar-refractivity contribution in [2.75, 3.05) is 7.05 Å². The molecular weight excluding hydrogens is 312 g/mol. The molecule has 0 radical (unpaired) electrons. The molecular formula is C13H15BrN2OS. The smallest absolute Gasteiger partial charge is 0.260 e. The lowest BCUT2D eigenvalue weighted by Crippen LogP contribution is -2.12. The molecule has 2 aromatic rings. The zero-order valence-corrected chi connectivity index (χ0v) is 12.9. The molecule has 5 heteroatoms. The van der Waals surface area contributed by atoms with Gasteiger partial charge in [-0.05, 0) is 50.4 Å². The predicted octanol–water partition coefficient (Wildman–Crippen LogP) is 4.18. The van der Waals surface area contributed by atoms with Gasteiger partial charge in [-0.25, -0.2) is 4.98 Å². The van der Waals surface area contributed by atoms with Crippen LogP contribution in [0.1, 0.15) is 24.2 Å². The van der Waals surface area contributed by atoms with E-state index in [9.17, 15) is 0 Å². The Hall–Kier alpha value is -0.780. The van der Waals surface area contributed by atoms with Crippen molar-refractivity contribution in [1.29, 1.82) is 0 Å². The normalized spacial score (nSPS) is 12.7. The summed E-state index contributed by atoms with van der Waals surface area (Å²) in [5.74, 6) is 0. The maximum absolute atomic E-state index is 5.33. The SMILES string of the molecule is CNC(C)c1ccc(Sc2nc(C)co2)cc1Br. The van der Waals surface area contributed by atoms with Gasteiger partial charge >= 0.3 is 0 Å². The molecule has 3 nitrogen and oxygen atoms in total. The lowest BCUT2D eigenvalue weighted by molar-refractivity contribution is 0.454. The molecule has 18 heavy (non-hydrogen) atoms. The van der Waals surface area contributed by atoms with Crippen LogP contribution in [-0.2, 0) is 0 Å². The molecule has 0 spiro atoms. The number of oxazole rings is 1. The first-order chi connectivity index (χ1) is 8.60. The molecule has 1 atom stereocenters. The number of aromatic nitrogens is 1. The molecule has 0 aliphatic rings. The van der Waals surface area contributed by atoms with Crippen LogP contribution in [0.2, 0.25) is 0 Å². The second kappa shape index (κ2) is 5.91. The van der Waals surface area contributed by atoms with E-state index in [-0.39, 0.29) is 0 Å². The van der Waals surface area contributed by atoms with Crippen LogP contribution in [0, 0.1) is 6.92 Å². The van der Waals surface area contributed by atoms with E-state index in [0.29, 0.717) is 11.3 Å². The van der Waals surface area contributed by atoms with E-state index in [0.717, 1.165) is 15.1 Å². The van der Waals surface area contributed by atoms with E-state index in [1.807, 2.05) is 14.0 Å². The minimum atomic E-state index is 0.322. The summed E-state index contributed by atoms with van der Waals surface area (Å²) < 4.78 is 6.43. The fourth-order valence-corrected chi connectivity index (χ4v) is 3.23. The van der Waals surface area contributed by atoms with Gasteiger partial charge in [0.1, 0.15) is 6.26 Å². The van der Waals surface area contributed by atoms with Crippen molar-refractivity contribution >= 4 is 27.7 Å². The van der Waals surface area contributed by atoms with E-state index in [1.165, 1.54) is 17.3 Å². The van der Waals surface area contributed by atoms with Crippen molar-refractivity contribution in [1.82, 2.24) is 10.3 Å². The Morgan fingerprint density at radius 3 is 2.78 bits per heavy atom. The number of nitrogens with zero attached hydrogens (tertiary/aromatic N) is 1. The number of rotatable bonds is 4. The molecule has 0 aliphatic carbocycles. The number of halogens is 1. The lowest BCUT2D eigenvalue weighted by atomic mass is 10.1. The van der Waals surface area contributed by atoms with Crippen molar-refractivity contribution in [3.8, 4) is 0 Å². The summed E-state index contributed by atoms with van der Waals surface area (Å²) in [5, 5.41) is 3.90. The molecule has 0 saturated carbocycles. The highest BCUT2D eigenvalue weighted by molar-refractivity contribution is 9.10. The summed E-state index contributed by atoms with van der Waals surface area (Å²) in [6.45, 7) is 4.05. The quantitative estimate of drug-likeness (QED) is 0.914. The van der Waals surface area contributed by atoms with Gasteiger partial charge in [0, 0.05) is 15.4 Å². The molecule has 1 aromatic carbocycles. The van der Waals surface area contributed by atoms with E-state index in [1.54, 1.807) is 6.26 Å². The Kier molecular flexibility index (Phi) is 4.48. The van der Waals surface area contributed by atoms with Crippen LogP contribution in [0.25, 0.3) is 0 Å². The summed E-state index contributed by atoms with van der Waals surface area (Å²) in [5.41, 5.74) is 2.14. The molecule has 1 N–H and O–H groups in total. The highest BCUT2D eigenvalue weighted by Crippen LogP contribution is 2.32. The minimum absolute atomic E-state index is 0.322. The van der Waals surface area contributed by atoms with Gasteiger partial charge in [0.2, 0.25) is 0 Å². The fourth-order valence-electron chi connectivity index (χ4n) is 1.56. The Morgan fingerprint density at radius 2 is 2.22 bits per heavy atom. The number of hydrogen-bond acceptors (Lipinski definition) is 4.